The molecule has 0 bridgehead atoms. The first-order valence-electron chi connectivity index (χ1n) is 7.84. The average Bonchev–Trinajstić information content (AvgIpc) is 2.66. The van der Waals surface area contributed by atoms with Gasteiger partial charge in [0.1, 0.15) is 17.3 Å². The summed E-state index contributed by atoms with van der Waals surface area (Å²) in [6.45, 7) is 1.46. The molecule has 0 aliphatic heterocycles. The van der Waals surface area contributed by atoms with Gasteiger partial charge in [-0.1, -0.05) is 0 Å². The largest absolute Gasteiger partial charge is 0.497 e. The Hall–Kier alpha value is -3.15. The first-order chi connectivity index (χ1) is 12.4. The fourth-order valence-electron chi connectivity index (χ4n) is 2.21. The van der Waals surface area contributed by atoms with Crippen molar-refractivity contribution in [2.75, 3.05) is 14.2 Å². The smallest absolute Gasteiger partial charge is 0.331 e. The Balaban J connectivity index is 2.02. The molecule has 2 aromatic carbocycles. The number of carbonyl (C=O) groups is 2. The van der Waals surface area contributed by atoms with Crippen LogP contribution in [0.5, 0.6) is 11.5 Å². The van der Waals surface area contributed by atoms with Crippen LogP contribution in [0.15, 0.2) is 48.5 Å². The summed E-state index contributed by atoms with van der Waals surface area (Å²) in [5.41, 5.74) is 0.948. The Morgan fingerprint density at radius 2 is 1.58 bits per heavy atom. The van der Waals surface area contributed by atoms with Crippen molar-refractivity contribution in [2.45, 2.75) is 13.0 Å². The number of rotatable bonds is 7. The van der Waals surface area contributed by atoms with Crippen LogP contribution in [-0.2, 0) is 9.53 Å². The Kier molecular flexibility index (Phi) is 6.49. The second-order valence-electron chi connectivity index (χ2n) is 5.43. The van der Waals surface area contributed by atoms with Crippen molar-refractivity contribution in [2.24, 2.45) is 0 Å². The second-order valence-corrected chi connectivity index (χ2v) is 5.43. The number of hydrogen-bond acceptors (Lipinski definition) is 5. The number of esters is 1. The number of halogens is 1. The molecule has 0 saturated carbocycles. The van der Waals surface area contributed by atoms with Gasteiger partial charge in [-0.25, -0.2) is 9.18 Å². The molecular weight excluding hydrogens is 339 g/mol. The molecule has 0 aliphatic rings. The number of carbonyl (C=O) groups excluding carboxylic acids is 2. The number of ketones is 1. The zero-order chi connectivity index (χ0) is 19.1. The molecule has 0 spiro atoms. The van der Waals surface area contributed by atoms with Gasteiger partial charge in [0.25, 0.3) is 0 Å². The van der Waals surface area contributed by atoms with Crippen LogP contribution in [0.25, 0.3) is 6.08 Å². The summed E-state index contributed by atoms with van der Waals surface area (Å²) in [6.07, 6.45) is 1.75. The van der Waals surface area contributed by atoms with Gasteiger partial charge in [0, 0.05) is 17.7 Å². The van der Waals surface area contributed by atoms with Crippen LogP contribution >= 0.6 is 0 Å². The molecule has 1 atom stereocenters. The lowest BCUT2D eigenvalue weighted by Crippen LogP contribution is -2.23. The van der Waals surface area contributed by atoms with E-state index in [0.29, 0.717) is 17.1 Å². The predicted molar refractivity (Wildman–Crippen MR) is 94.9 cm³/mol. The normalized spacial score (nSPS) is 11.8. The van der Waals surface area contributed by atoms with Crippen molar-refractivity contribution >= 4 is 17.8 Å². The van der Waals surface area contributed by atoms with Crippen molar-refractivity contribution in [3.05, 3.63) is 65.5 Å². The van der Waals surface area contributed by atoms with Crippen molar-refractivity contribution < 1.29 is 28.2 Å². The van der Waals surface area contributed by atoms with Crippen LogP contribution in [0.3, 0.4) is 0 Å². The van der Waals surface area contributed by atoms with Crippen molar-refractivity contribution in [3.63, 3.8) is 0 Å². The van der Waals surface area contributed by atoms with Crippen LogP contribution in [0, 0.1) is 5.82 Å². The number of hydrogen-bond donors (Lipinski definition) is 0. The third kappa shape index (κ3) is 5.17. The van der Waals surface area contributed by atoms with Crippen LogP contribution in [0.2, 0.25) is 0 Å². The number of benzene rings is 2. The summed E-state index contributed by atoms with van der Waals surface area (Å²) in [5, 5.41) is 0. The van der Waals surface area contributed by atoms with E-state index in [-0.39, 0.29) is 5.56 Å². The third-order valence-electron chi connectivity index (χ3n) is 3.58. The van der Waals surface area contributed by atoms with Crippen molar-refractivity contribution in [3.8, 4) is 11.5 Å². The highest BCUT2D eigenvalue weighted by atomic mass is 19.1. The lowest BCUT2D eigenvalue weighted by molar-refractivity contribution is -0.140. The minimum atomic E-state index is -0.988. The Bertz CT molecular complexity index is 789. The van der Waals surface area contributed by atoms with Crippen molar-refractivity contribution in [1.29, 1.82) is 0 Å². The summed E-state index contributed by atoms with van der Waals surface area (Å²) in [5.74, 6) is -0.359. The molecule has 26 heavy (non-hydrogen) atoms. The standard InChI is InChI=1S/C20H19FO5/c1-13(20(23)15-5-7-16(21)8-6-15)26-19(22)9-4-14-10-17(24-2)12-18(11-14)25-3/h4-13H,1-3H3/b9-4+/t13-/m1/s1. The third-order valence-corrected chi connectivity index (χ3v) is 3.58. The number of methoxy groups -OCH3 is 2. The van der Waals surface area contributed by atoms with E-state index in [1.54, 1.807) is 18.2 Å². The number of ether oxygens (including phenoxy) is 3. The molecule has 0 aliphatic carbocycles. The predicted octanol–water partition coefficient (Wildman–Crippen LogP) is 3.67. The van der Waals surface area contributed by atoms with E-state index in [0.717, 1.165) is 0 Å². The average molecular weight is 358 g/mol. The van der Waals surface area contributed by atoms with Crippen LogP contribution < -0.4 is 9.47 Å². The van der Waals surface area contributed by atoms with Gasteiger partial charge in [-0.15, -0.1) is 0 Å². The Morgan fingerprint density at radius 3 is 2.12 bits per heavy atom. The Morgan fingerprint density at radius 1 is 1.00 bits per heavy atom. The van der Waals surface area contributed by atoms with Gasteiger partial charge in [-0.3, -0.25) is 4.79 Å². The lowest BCUT2D eigenvalue weighted by Gasteiger charge is -2.11. The van der Waals surface area contributed by atoms with Crippen LogP contribution in [0.1, 0.15) is 22.8 Å². The summed E-state index contributed by atoms with van der Waals surface area (Å²) >= 11 is 0. The lowest BCUT2D eigenvalue weighted by atomic mass is 10.1. The van der Waals surface area contributed by atoms with E-state index >= 15 is 0 Å². The van der Waals surface area contributed by atoms with E-state index < -0.39 is 23.7 Å². The van der Waals surface area contributed by atoms with E-state index in [9.17, 15) is 14.0 Å². The summed E-state index contributed by atoms with van der Waals surface area (Å²) < 4.78 is 28.3. The quantitative estimate of drug-likeness (QED) is 0.429. The van der Waals surface area contributed by atoms with Crippen LogP contribution in [-0.4, -0.2) is 32.1 Å². The van der Waals surface area contributed by atoms with E-state index in [1.165, 1.54) is 57.6 Å². The molecule has 0 aromatic heterocycles. The van der Waals surface area contributed by atoms with E-state index in [2.05, 4.69) is 0 Å². The van der Waals surface area contributed by atoms with Crippen LogP contribution in [0.4, 0.5) is 4.39 Å². The van der Waals surface area contributed by atoms with E-state index in [1.807, 2.05) is 0 Å². The molecule has 0 saturated heterocycles. The molecule has 0 radical (unpaired) electrons. The molecule has 0 unspecified atom stereocenters. The zero-order valence-corrected chi connectivity index (χ0v) is 14.7. The maximum Gasteiger partial charge on any atom is 0.331 e. The first-order valence-corrected chi connectivity index (χ1v) is 7.84. The van der Waals surface area contributed by atoms with Gasteiger partial charge in [-0.2, -0.15) is 0 Å². The molecule has 5 nitrogen and oxygen atoms in total. The monoisotopic (exact) mass is 358 g/mol. The highest BCUT2D eigenvalue weighted by Crippen LogP contribution is 2.23. The molecule has 6 heteroatoms. The van der Waals surface area contributed by atoms with Gasteiger partial charge in [-0.05, 0) is 55.0 Å². The Labute approximate surface area is 151 Å². The van der Waals surface area contributed by atoms with Crippen molar-refractivity contribution in [1.82, 2.24) is 0 Å². The van der Waals surface area contributed by atoms with Gasteiger partial charge >= 0.3 is 5.97 Å². The first kappa shape index (κ1) is 19.2. The molecule has 2 rings (SSSR count). The van der Waals surface area contributed by atoms with Gasteiger partial charge in [0.15, 0.2) is 6.10 Å². The zero-order valence-electron chi connectivity index (χ0n) is 14.7. The maximum atomic E-state index is 12.9. The minimum absolute atomic E-state index is 0.271. The molecule has 2 aromatic rings. The molecule has 0 amide bonds. The molecular formula is C20H19FO5. The minimum Gasteiger partial charge on any atom is -0.497 e. The SMILES string of the molecule is COc1cc(/C=C/C(=O)O[C@H](C)C(=O)c2ccc(F)cc2)cc(OC)c1. The van der Waals surface area contributed by atoms with Gasteiger partial charge in [0.05, 0.1) is 14.2 Å². The van der Waals surface area contributed by atoms with E-state index in [4.69, 9.17) is 14.2 Å². The van der Waals surface area contributed by atoms with Gasteiger partial charge in [0.2, 0.25) is 5.78 Å². The molecule has 0 fully saturated rings. The topological polar surface area (TPSA) is 61.8 Å². The fourth-order valence-corrected chi connectivity index (χ4v) is 2.21. The summed E-state index contributed by atoms with van der Waals surface area (Å²) in [7, 11) is 3.05. The van der Waals surface area contributed by atoms with Gasteiger partial charge < -0.3 is 14.2 Å². The molecule has 136 valence electrons. The molecule has 0 heterocycles. The number of Topliss-reactive ketones (excluding diaryl/α,β-unsaturated/α-hetero) is 1. The highest BCUT2D eigenvalue weighted by molar-refractivity contribution is 6.01. The maximum absolute atomic E-state index is 12.9. The summed E-state index contributed by atoms with van der Waals surface area (Å²) in [6, 6.07) is 10.2. The fraction of sp³-hybridized carbons (Fsp3) is 0.200. The highest BCUT2D eigenvalue weighted by Gasteiger charge is 2.18. The summed E-state index contributed by atoms with van der Waals surface area (Å²) in [4.78, 5) is 24.1. The second kappa shape index (κ2) is 8.80. The molecule has 0 N–H and O–H groups in total.